The molecule has 0 radical (unpaired) electrons. The van der Waals surface area contributed by atoms with Crippen LogP contribution in [0.25, 0.3) is 0 Å². The number of hydrogen-bond acceptors (Lipinski definition) is 3. The smallest absolute Gasteiger partial charge is 0.223 e. The molecule has 3 aliphatic rings. The number of piperidine rings is 1. The summed E-state index contributed by atoms with van der Waals surface area (Å²) in [7, 11) is 0. The van der Waals surface area contributed by atoms with Crippen molar-refractivity contribution >= 4 is 52.3 Å². The molecule has 2 aliphatic heterocycles. The van der Waals surface area contributed by atoms with Crippen LogP contribution in [0.5, 0.6) is 0 Å². The van der Waals surface area contributed by atoms with Crippen LogP contribution in [0.3, 0.4) is 0 Å². The summed E-state index contributed by atoms with van der Waals surface area (Å²) < 4.78 is 1.12. The summed E-state index contributed by atoms with van der Waals surface area (Å²) in [4.78, 5) is 14.9. The average molecular weight is 465 g/mol. The molecule has 26 heavy (non-hydrogen) atoms. The van der Waals surface area contributed by atoms with Crippen molar-refractivity contribution in [1.29, 1.82) is 0 Å². The molecule has 2 atom stereocenters. The zero-order valence-corrected chi connectivity index (χ0v) is 18.1. The number of carbonyl (C=O) groups excluding carboxylic acids is 1. The van der Waals surface area contributed by atoms with Gasteiger partial charge in [0.05, 0.1) is 0 Å². The van der Waals surface area contributed by atoms with Crippen LogP contribution in [0.1, 0.15) is 25.7 Å². The highest BCUT2D eigenvalue weighted by Crippen LogP contribution is 2.58. The quantitative estimate of drug-likeness (QED) is 0.715. The summed E-state index contributed by atoms with van der Waals surface area (Å²) in [5.74, 6) is 1.16. The predicted molar refractivity (Wildman–Crippen MR) is 115 cm³/mol. The first-order valence-electron chi connectivity index (χ1n) is 9.15. The minimum atomic E-state index is 0. The highest BCUT2D eigenvalue weighted by Gasteiger charge is 2.57. The van der Waals surface area contributed by atoms with E-state index in [1.165, 1.54) is 18.5 Å². The Kier molecular flexibility index (Phi) is 7.66. The summed E-state index contributed by atoms with van der Waals surface area (Å²) in [6.45, 7) is 5.11. The van der Waals surface area contributed by atoms with E-state index in [1.54, 1.807) is 0 Å². The maximum Gasteiger partial charge on any atom is 0.223 e. The van der Waals surface area contributed by atoms with Crippen LogP contribution in [0.4, 0.5) is 5.69 Å². The maximum absolute atomic E-state index is 12.5. The SMILES string of the molecule is Cl.Cl.O=C(NCC1CCN(c2ccc(Br)cc2)C1)C1CC12CCNCC2. The summed E-state index contributed by atoms with van der Waals surface area (Å²) in [6, 6.07) is 8.51. The summed E-state index contributed by atoms with van der Waals surface area (Å²) in [5.41, 5.74) is 1.62. The third kappa shape index (κ3) is 4.67. The van der Waals surface area contributed by atoms with Gasteiger partial charge in [-0.25, -0.2) is 0 Å². The van der Waals surface area contributed by atoms with Crippen molar-refractivity contribution < 1.29 is 4.79 Å². The third-order valence-electron chi connectivity index (χ3n) is 6.15. The first-order chi connectivity index (χ1) is 11.7. The zero-order chi connectivity index (χ0) is 16.6. The van der Waals surface area contributed by atoms with Crippen molar-refractivity contribution in [3.05, 3.63) is 28.7 Å². The van der Waals surface area contributed by atoms with E-state index in [-0.39, 0.29) is 30.7 Å². The Balaban J connectivity index is 0.00000121. The molecule has 1 spiro atoms. The largest absolute Gasteiger partial charge is 0.371 e. The number of nitrogens with zero attached hydrogens (tertiary/aromatic N) is 1. The van der Waals surface area contributed by atoms with Gasteiger partial charge >= 0.3 is 0 Å². The lowest BCUT2D eigenvalue weighted by molar-refractivity contribution is -0.123. The first kappa shape index (κ1) is 21.8. The van der Waals surface area contributed by atoms with Crippen LogP contribution in [-0.4, -0.2) is 38.6 Å². The number of rotatable bonds is 4. The van der Waals surface area contributed by atoms with Gasteiger partial charge in [-0.15, -0.1) is 24.8 Å². The van der Waals surface area contributed by atoms with E-state index in [9.17, 15) is 4.79 Å². The molecule has 7 heteroatoms. The van der Waals surface area contributed by atoms with Gasteiger partial charge in [-0.3, -0.25) is 4.79 Å². The van der Waals surface area contributed by atoms with E-state index in [0.29, 0.717) is 17.2 Å². The van der Waals surface area contributed by atoms with Gasteiger partial charge in [0.15, 0.2) is 0 Å². The molecule has 0 bridgehead atoms. The van der Waals surface area contributed by atoms with Crippen LogP contribution in [0.15, 0.2) is 28.7 Å². The number of anilines is 1. The van der Waals surface area contributed by atoms with Gasteiger partial charge in [-0.2, -0.15) is 0 Å². The van der Waals surface area contributed by atoms with Crippen molar-refractivity contribution in [2.45, 2.75) is 25.7 Å². The Bertz CT molecular complexity index is 607. The van der Waals surface area contributed by atoms with Crippen LogP contribution in [-0.2, 0) is 4.79 Å². The van der Waals surface area contributed by atoms with E-state index in [0.717, 1.165) is 50.0 Å². The zero-order valence-electron chi connectivity index (χ0n) is 14.9. The Morgan fingerprint density at radius 2 is 1.92 bits per heavy atom. The molecular formula is C19H28BrCl2N3O. The molecule has 1 aromatic carbocycles. The van der Waals surface area contributed by atoms with Crippen molar-refractivity contribution in [2.75, 3.05) is 37.6 Å². The second kappa shape index (κ2) is 9.13. The van der Waals surface area contributed by atoms with Crippen LogP contribution in [0.2, 0.25) is 0 Å². The number of amides is 1. The Labute approximate surface area is 176 Å². The third-order valence-corrected chi connectivity index (χ3v) is 6.68. The molecule has 1 aromatic rings. The molecule has 1 amide bonds. The summed E-state index contributed by atoms with van der Waals surface area (Å²) in [5, 5.41) is 6.65. The molecule has 146 valence electrons. The molecule has 4 nitrogen and oxygen atoms in total. The molecule has 3 fully saturated rings. The monoisotopic (exact) mass is 463 g/mol. The van der Waals surface area contributed by atoms with Crippen LogP contribution in [0, 0.1) is 17.3 Å². The molecule has 1 saturated carbocycles. The first-order valence-corrected chi connectivity index (χ1v) is 9.95. The number of benzene rings is 1. The molecule has 2 heterocycles. The Hall–Kier alpha value is -0.490. The fourth-order valence-electron chi connectivity index (χ4n) is 4.45. The van der Waals surface area contributed by atoms with Crippen molar-refractivity contribution in [3.8, 4) is 0 Å². The highest BCUT2D eigenvalue weighted by molar-refractivity contribution is 9.10. The van der Waals surface area contributed by atoms with Gasteiger partial charge in [0.2, 0.25) is 5.91 Å². The Morgan fingerprint density at radius 3 is 2.62 bits per heavy atom. The minimum Gasteiger partial charge on any atom is -0.371 e. The highest BCUT2D eigenvalue weighted by atomic mass is 79.9. The molecule has 2 unspecified atom stereocenters. The number of nitrogens with one attached hydrogen (secondary N) is 2. The number of halogens is 3. The van der Waals surface area contributed by atoms with E-state index >= 15 is 0 Å². The average Bonchev–Trinajstić information content (AvgIpc) is 3.07. The summed E-state index contributed by atoms with van der Waals surface area (Å²) in [6.07, 6.45) is 4.62. The van der Waals surface area contributed by atoms with Crippen LogP contribution >= 0.6 is 40.7 Å². The molecular weight excluding hydrogens is 437 g/mol. The second-order valence-electron chi connectivity index (χ2n) is 7.69. The van der Waals surface area contributed by atoms with E-state index in [1.807, 2.05) is 0 Å². The summed E-state index contributed by atoms with van der Waals surface area (Å²) >= 11 is 3.49. The van der Waals surface area contributed by atoms with E-state index in [2.05, 4.69) is 55.7 Å². The molecule has 2 saturated heterocycles. The van der Waals surface area contributed by atoms with Gasteiger partial charge in [0.25, 0.3) is 0 Å². The molecule has 2 N–H and O–H groups in total. The lowest BCUT2D eigenvalue weighted by Crippen LogP contribution is -2.36. The van der Waals surface area contributed by atoms with Gasteiger partial charge in [0, 0.05) is 35.7 Å². The van der Waals surface area contributed by atoms with Crippen LogP contribution < -0.4 is 15.5 Å². The van der Waals surface area contributed by atoms with E-state index in [4.69, 9.17) is 0 Å². The maximum atomic E-state index is 12.5. The lowest BCUT2D eigenvalue weighted by atomic mass is 9.91. The van der Waals surface area contributed by atoms with Gasteiger partial charge in [0.1, 0.15) is 0 Å². The van der Waals surface area contributed by atoms with Gasteiger partial charge in [-0.05, 0) is 74.4 Å². The van der Waals surface area contributed by atoms with E-state index < -0.39 is 0 Å². The number of hydrogen-bond donors (Lipinski definition) is 2. The fraction of sp³-hybridized carbons (Fsp3) is 0.632. The van der Waals surface area contributed by atoms with Crippen molar-refractivity contribution in [1.82, 2.24) is 10.6 Å². The minimum absolute atomic E-state index is 0. The topological polar surface area (TPSA) is 44.4 Å². The molecule has 0 aromatic heterocycles. The second-order valence-corrected chi connectivity index (χ2v) is 8.61. The predicted octanol–water partition coefficient (Wildman–Crippen LogP) is 3.62. The molecule has 4 rings (SSSR count). The van der Waals surface area contributed by atoms with Gasteiger partial charge in [-0.1, -0.05) is 15.9 Å². The standard InChI is InChI=1S/C19H26BrN3O.2ClH/c20-15-1-3-16(4-2-15)23-10-5-14(13-23)12-22-18(24)17-11-19(17)6-8-21-9-7-19;;/h1-4,14,17,21H,5-13H2,(H,22,24);2*1H. The van der Waals surface area contributed by atoms with Crippen molar-refractivity contribution in [2.24, 2.45) is 17.3 Å². The normalized spacial score (nSPS) is 26.0. The molecule has 1 aliphatic carbocycles. The van der Waals surface area contributed by atoms with Gasteiger partial charge < -0.3 is 15.5 Å². The fourth-order valence-corrected chi connectivity index (χ4v) is 4.71. The Morgan fingerprint density at radius 1 is 1.23 bits per heavy atom. The lowest BCUT2D eigenvalue weighted by Gasteiger charge is -2.23. The number of carbonyl (C=O) groups is 1. The van der Waals surface area contributed by atoms with Crippen molar-refractivity contribution in [3.63, 3.8) is 0 Å².